The Labute approximate surface area is 177 Å². The fourth-order valence-corrected chi connectivity index (χ4v) is 3.38. The van der Waals surface area contributed by atoms with Crippen molar-refractivity contribution in [3.8, 4) is 0 Å². The van der Waals surface area contributed by atoms with Gasteiger partial charge in [-0.05, 0) is 61.3 Å². The zero-order valence-electron chi connectivity index (χ0n) is 19.7. The van der Waals surface area contributed by atoms with Crippen LogP contribution in [-0.2, 0) is 14.6 Å². The molecule has 0 atom stereocenters. The molecule has 0 rings (SSSR count). The molecule has 0 aromatic rings. The van der Waals surface area contributed by atoms with Crippen LogP contribution in [0.3, 0.4) is 0 Å². The zero-order valence-corrected chi connectivity index (χ0v) is 20.5. The van der Waals surface area contributed by atoms with Crippen LogP contribution in [0.5, 0.6) is 0 Å². The van der Waals surface area contributed by atoms with Gasteiger partial charge in [-0.3, -0.25) is 4.99 Å². The Morgan fingerprint density at radius 1 is 0.966 bits per heavy atom. The number of alkyl carbamates (subject to hydrolysis) is 1. The third-order valence-corrected chi connectivity index (χ3v) is 7.21. The normalized spacial score (nSPS) is 13.8. The highest BCUT2D eigenvalue weighted by atomic mass is 32.2. The van der Waals surface area contributed by atoms with E-state index in [9.17, 15) is 13.2 Å². The molecular formula is C20H42N4O4S. The van der Waals surface area contributed by atoms with Crippen LogP contribution >= 0.6 is 0 Å². The number of sulfone groups is 1. The van der Waals surface area contributed by atoms with Crippen molar-refractivity contribution in [1.29, 1.82) is 0 Å². The molecule has 0 fully saturated rings. The van der Waals surface area contributed by atoms with E-state index in [4.69, 9.17) is 4.74 Å². The third kappa shape index (κ3) is 10.2. The van der Waals surface area contributed by atoms with E-state index in [1.54, 1.807) is 20.8 Å². The number of nitrogens with zero attached hydrogens (tertiary/aromatic N) is 1. The van der Waals surface area contributed by atoms with Gasteiger partial charge >= 0.3 is 6.09 Å². The van der Waals surface area contributed by atoms with Crippen LogP contribution in [0.2, 0.25) is 0 Å². The average molecular weight is 435 g/mol. The zero-order chi connectivity index (χ0) is 22.9. The smallest absolute Gasteiger partial charge is 0.408 e. The summed E-state index contributed by atoms with van der Waals surface area (Å²) in [6, 6.07) is 0. The summed E-state index contributed by atoms with van der Waals surface area (Å²) < 4.78 is 29.1. The van der Waals surface area contributed by atoms with Crippen molar-refractivity contribution in [2.45, 2.75) is 91.0 Å². The molecule has 0 aromatic carbocycles. The van der Waals surface area contributed by atoms with Crippen molar-refractivity contribution < 1.29 is 17.9 Å². The number of ether oxygens (including phenoxy) is 1. The van der Waals surface area contributed by atoms with Gasteiger partial charge in [-0.25, -0.2) is 13.2 Å². The molecule has 0 aliphatic rings. The number of aliphatic imine (C=N–C) groups is 1. The summed E-state index contributed by atoms with van der Waals surface area (Å²) in [5, 5.41) is 9.16. The second-order valence-electron chi connectivity index (χ2n) is 9.17. The van der Waals surface area contributed by atoms with Gasteiger partial charge in [-0.1, -0.05) is 13.8 Å². The fourth-order valence-electron chi connectivity index (χ4n) is 2.39. The molecule has 0 aromatic heterocycles. The molecule has 0 unspecified atom stereocenters. The van der Waals surface area contributed by atoms with Gasteiger partial charge in [0.15, 0.2) is 15.8 Å². The van der Waals surface area contributed by atoms with Crippen LogP contribution in [0.15, 0.2) is 4.99 Å². The van der Waals surface area contributed by atoms with E-state index in [-0.39, 0.29) is 12.3 Å². The van der Waals surface area contributed by atoms with E-state index in [1.165, 1.54) is 0 Å². The van der Waals surface area contributed by atoms with Crippen LogP contribution in [-0.4, -0.2) is 61.7 Å². The van der Waals surface area contributed by atoms with Gasteiger partial charge in [0.2, 0.25) is 0 Å². The standard InChI is InChI=1S/C20H42N4O4S/c1-10-20(11-2,24-17(25)28-18(4,5)6)15-23-16(21-12-3)22-13-14-29(26,27)19(7,8)9/h10-15H2,1-9H3,(H,24,25)(H2,21,22,23). The molecule has 8 nitrogen and oxygen atoms in total. The topological polar surface area (TPSA) is 109 Å². The van der Waals surface area contributed by atoms with Gasteiger partial charge in [-0.15, -0.1) is 0 Å². The predicted octanol–water partition coefficient (Wildman–Crippen LogP) is 2.84. The van der Waals surface area contributed by atoms with Crippen molar-refractivity contribution in [3.05, 3.63) is 0 Å². The lowest BCUT2D eigenvalue weighted by Gasteiger charge is -2.32. The van der Waals surface area contributed by atoms with Crippen LogP contribution in [0.1, 0.15) is 75.2 Å². The predicted molar refractivity (Wildman–Crippen MR) is 120 cm³/mol. The molecule has 0 bridgehead atoms. The van der Waals surface area contributed by atoms with E-state index >= 15 is 0 Å². The monoisotopic (exact) mass is 434 g/mol. The summed E-state index contributed by atoms with van der Waals surface area (Å²) in [5.74, 6) is 0.540. The second kappa shape index (κ2) is 11.0. The number of guanidine groups is 1. The molecule has 0 aliphatic heterocycles. The number of carbonyl (C=O) groups is 1. The lowest BCUT2D eigenvalue weighted by Crippen LogP contribution is -2.52. The highest BCUT2D eigenvalue weighted by molar-refractivity contribution is 7.92. The first-order chi connectivity index (χ1) is 13.1. The first-order valence-electron chi connectivity index (χ1n) is 10.4. The molecule has 9 heteroatoms. The van der Waals surface area contributed by atoms with Crippen LogP contribution in [0.4, 0.5) is 4.79 Å². The highest BCUT2D eigenvalue weighted by Gasteiger charge is 2.31. The molecular weight excluding hydrogens is 392 g/mol. The maximum atomic E-state index is 12.3. The number of hydrogen-bond acceptors (Lipinski definition) is 5. The molecule has 29 heavy (non-hydrogen) atoms. The summed E-state index contributed by atoms with van der Waals surface area (Å²) in [6.45, 7) is 17.7. The van der Waals surface area contributed by atoms with E-state index < -0.39 is 31.8 Å². The first-order valence-corrected chi connectivity index (χ1v) is 12.0. The van der Waals surface area contributed by atoms with Gasteiger partial charge in [0.25, 0.3) is 0 Å². The SMILES string of the molecule is CCNC(=NCC(CC)(CC)NC(=O)OC(C)(C)C)NCCS(=O)(=O)C(C)(C)C. The van der Waals surface area contributed by atoms with Gasteiger partial charge in [-0.2, -0.15) is 0 Å². The fraction of sp³-hybridized carbons (Fsp3) is 0.900. The number of nitrogens with one attached hydrogen (secondary N) is 3. The number of rotatable bonds is 9. The molecule has 0 saturated heterocycles. The number of amides is 1. The summed E-state index contributed by atoms with van der Waals surface area (Å²) in [6.07, 6.45) is 0.902. The van der Waals surface area contributed by atoms with Gasteiger partial charge in [0.1, 0.15) is 5.60 Å². The summed E-state index contributed by atoms with van der Waals surface area (Å²) in [4.78, 5) is 16.8. The van der Waals surface area contributed by atoms with Crippen molar-refractivity contribution in [2.75, 3.05) is 25.4 Å². The van der Waals surface area contributed by atoms with E-state index in [0.717, 1.165) is 0 Å². The maximum absolute atomic E-state index is 12.3. The lowest BCUT2D eigenvalue weighted by atomic mass is 9.93. The number of carbonyl (C=O) groups excluding carboxylic acids is 1. The highest BCUT2D eigenvalue weighted by Crippen LogP contribution is 2.18. The Morgan fingerprint density at radius 2 is 1.52 bits per heavy atom. The molecule has 0 aliphatic carbocycles. The quantitative estimate of drug-likeness (QED) is 0.380. The Bertz CT molecular complexity index is 642. The summed E-state index contributed by atoms with van der Waals surface area (Å²) >= 11 is 0. The first kappa shape index (κ1) is 27.5. The summed E-state index contributed by atoms with van der Waals surface area (Å²) in [7, 11) is -3.21. The Hall–Kier alpha value is -1.51. The summed E-state index contributed by atoms with van der Waals surface area (Å²) in [5.41, 5.74) is -1.11. The third-order valence-electron chi connectivity index (χ3n) is 4.60. The Balaban J connectivity index is 5.16. The Morgan fingerprint density at radius 3 is 1.93 bits per heavy atom. The number of hydrogen-bond donors (Lipinski definition) is 3. The minimum atomic E-state index is -3.21. The Kier molecular flexibility index (Phi) is 10.5. The van der Waals surface area contributed by atoms with E-state index in [0.29, 0.717) is 31.9 Å². The molecule has 172 valence electrons. The van der Waals surface area contributed by atoms with Crippen molar-refractivity contribution >= 4 is 21.9 Å². The maximum Gasteiger partial charge on any atom is 0.408 e. The van der Waals surface area contributed by atoms with Crippen molar-refractivity contribution in [3.63, 3.8) is 0 Å². The molecule has 0 radical (unpaired) electrons. The second-order valence-corrected chi connectivity index (χ2v) is 12.0. The van der Waals surface area contributed by atoms with Crippen LogP contribution in [0.25, 0.3) is 0 Å². The molecule has 1 amide bonds. The van der Waals surface area contributed by atoms with Gasteiger partial charge in [0, 0.05) is 13.1 Å². The van der Waals surface area contributed by atoms with Gasteiger partial charge in [0.05, 0.1) is 22.6 Å². The molecule has 0 saturated carbocycles. The van der Waals surface area contributed by atoms with E-state index in [2.05, 4.69) is 20.9 Å². The van der Waals surface area contributed by atoms with Crippen LogP contribution < -0.4 is 16.0 Å². The van der Waals surface area contributed by atoms with Crippen LogP contribution in [0, 0.1) is 0 Å². The minimum absolute atomic E-state index is 0.0176. The lowest BCUT2D eigenvalue weighted by molar-refractivity contribution is 0.0452. The van der Waals surface area contributed by atoms with Gasteiger partial charge < -0.3 is 20.7 Å². The average Bonchev–Trinajstić information content (AvgIpc) is 2.55. The minimum Gasteiger partial charge on any atom is -0.444 e. The molecule has 3 N–H and O–H groups in total. The largest absolute Gasteiger partial charge is 0.444 e. The van der Waals surface area contributed by atoms with E-state index in [1.807, 2.05) is 41.5 Å². The molecule has 0 spiro atoms. The molecule has 0 heterocycles. The van der Waals surface area contributed by atoms with Crippen molar-refractivity contribution in [1.82, 2.24) is 16.0 Å². The van der Waals surface area contributed by atoms with Crippen molar-refractivity contribution in [2.24, 2.45) is 4.99 Å².